The number of hydrogen-bond donors (Lipinski definition) is 2. The first kappa shape index (κ1) is 27.4. The SMILES string of the molecule is O=C(NC(c1ccccc1)c1ccc(C2CCN(CC(F)(F)F)CC2)cc1)c1ccc(C(F)(F)F)[nH]c1=O. The Bertz CT molecular complexity index is 1300. The summed E-state index contributed by atoms with van der Waals surface area (Å²) in [4.78, 5) is 28.2. The average molecular weight is 538 g/mol. The van der Waals surface area contributed by atoms with Crippen molar-refractivity contribution in [2.24, 2.45) is 0 Å². The van der Waals surface area contributed by atoms with Crippen molar-refractivity contribution in [3.63, 3.8) is 0 Å². The second kappa shape index (κ2) is 11.0. The van der Waals surface area contributed by atoms with Gasteiger partial charge in [0.15, 0.2) is 0 Å². The molecule has 2 N–H and O–H groups in total. The predicted molar refractivity (Wildman–Crippen MR) is 129 cm³/mol. The molecule has 1 aromatic heterocycles. The fourth-order valence-electron chi connectivity index (χ4n) is 4.67. The molecule has 0 aliphatic carbocycles. The molecule has 38 heavy (non-hydrogen) atoms. The van der Waals surface area contributed by atoms with E-state index >= 15 is 0 Å². The third-order valence-electron chi connectivity index (χ3n) is 6.60. The van der Waals surface area contributed by atoms with Crippen molar-refractivity contribution < 1.29 is 31.1 Å². The highest BCUT2D eigenvalue weighted by Gasteiger charge is 2.34. The van der Waals surface area contributed by atoms with Crippen molar-refractivity contribution in [3.05, 3.63) is 105 Å². The summed E-state index contributed by atoms with van der Waals surface area (Å²) >= 11 is 0. The number of hydrogen-bond acceptors (Lipinski definition) is 3. The van der Waals surface area contributed by atoms with Crippen LogP contribution in [0, 0.1) is 0 Å². The summed E-state index contributed by atoms with van der Waals surface area (Å²) in [7, 11) is 0. The third-order valence-corrected chi connectivity index (χ3v) is 6.60. The molecule has 1 aliphatic rings. The first-order chi connectivity index (χ1) is 17.9. The van der Waals surface area contributed by atoms with Crippen molar-refractivity contribution >= 4 is 5.91 Å². The van der Waals surface area contributed by atoms with E-state index in [-0.39, 0.29) is 5.92 Å². The molecule has 1 aliphatic heterocycles. The summed E-state index contributed by atoms with van der Waals surface area (Å²) < 4.78 is 76.7. The molecule has 2 aromatic carbocycles. The molecule has 11 heteroatoms. The molecule has 4 rings (SSSR count). The van der Waals surface area contributed by atoms with Gasteiger partial charge in [0.2, 0.25) is 0 Å². The third kappa shape index (κ3) is 6.83. The Morgan fingerprint density at radius 3 is 2.05 bits per heavy atom. The van der Waals surface area contributed by atoms with Crippen LogP contribution >= 0.6 is 0 Å². The smallest absolute Gasteiger partial charge is 0.341 e. The maximum atomic E-state index is 12.9. The minimum Gasteiger partial charge on any atom is -0.341 e. The van der Waals surface area contributed by atoms with Crippen LogP contribution in [-0.4, -0.2) is 41.6 Å². The van der Waals surface area contributed by atoms with Crippen LogP contribution in [0.25, 0.3) is 0 Å². The lowest BCUT2D eigenvalue weighted by atomic mass is 9.88. The van der Waals surface area contributed by atoms with Crippen LogP contribution in [0.2, 0.25) is 0 Å². The van der Waals surface area contributed by atoms with E-state index in [4.69, 9.17) is 0 Å². The van der Waals surface area contributed by atoms with Gasteiger partial charge >= 0.3 is 12.4 Å². The molecule has 0 radical (unpaired) electrons. The van der Waals surface area contributed by atoms with Crippen molar-refractivity contribution in [3.8, 4) is 0 Å². The Morgan fingerprint density at radius 1 is 0.895 bits per heavy atom. The van der Waals surface area contributed by atoms with E-state index in [0.717, 1.165) is 11.6 Å². The lowest BCUT2D eigenvalue weighted by molar-refractivity contribution is -0.148. The number of aromatic nitrogens is 1. The minimum absolute atomic E-state index is 0.101. The van der Waals surface area contributed by atoms with Crippen molar-refractivity contribution in [2.45, 2.75) is 37.2 Å². The Morgan fingerprint density at radius 2 is 1.50 bits per heavy atom. The highest BCUT2D eigenvalue weighted by molar-refractivity contribution is 5.94. The van der Waals surface area contributed by atoms with Gasteiger partial charge in [-0.3, -0.25) is 14.5 Å². The van der Waals surface area contributed by atoms with Gasteiger partial charge in [0.05, 0.1) is 12.6 Å². The van der Waals surface area contributed by atoms with Gasteiger partial charge in [-0.15, -0.1) is 0 Å². The Kier molecular flexibility index (Phi) is 7.96. The molecule has 1 saturated heterocycles. The van der Waals surface area contributed by atoms with Gasteiger partial charge < -0.3 is 10.3 Å². The van der Waals surface area contributed by atoms with Crippen molar-refractivity contribution in [1.82, 2.24) is 15.2 Å². The van der Waals surface area contributed by atoms with Crippen LogP contribution in [0.1, 0.15) is 57.5 Å². The van der Waals surface area contributed by atoms with E-state index in [9.17, 15) is 35.9 Å². The Balaban J connectivity index is 1.52. The van der Waals surface area contributed by atoms with E-state index < -0.39 is 47.7 Å². The number of pyridine rings is 1. The van der Waals surface area contributed by atoms with Gasteiger partial charge in [-0.05, 0) is 60.7 Å². The van der Waals surface area contributed by atoms with Gasteiger partial charge in [0.25, 0.3) is 11.5 Å². The number of alkyl halides is 6. The van der Waals surface area contributed by atoms with Gasteiger partial charge in [0.1, 0.15) is 11.3 Å². The lowest BCUT2D eigenvalue weighted by Crippen LogP contribution is -2.39. The standard InChI is InChI=1S/C27H25F6N3O2/c28-26(29,30)16-36-14-12-18(13-15-36)17-6-8-20(9-7-17)23(19-4-2-1-3-5-19)35-25(38)21-10-11-22(27(31,32)33)34-24(21)37/h1-11,18,23H,12-16H2,(H,34,37)(H,35,38). The van der Waals surface area contributed by atoms with E-state index in [1.807, 2.05) is 12.1 Å². The zero-order chi connectivity index (χ0) is 27.5. The number of amides is 1. The number of piperidine rings is 1. The quantitative estimate of drug-likeness (QED) is 0.399. The number of likely N-dealkylation sites (tertiary alicyclic amines) is 1. The zero-order valence-corrected chi connectivity index (χ0v) is 20.1. The molecule has 0 saturated carbocycles. The average Bonchev–Trinajstić information content (AvgIpc) is 2.87. The van der Waals surface area contributed by atoms with Gasteiger partial charge in [-0.25, -0.2) is 0 Å². The number of nitrogens with zero attached hydrogens (tertiary/aromatic N) is 1. The van der Waals surface area contributed by atoms with Crippen LogP contribution in [0.4, 0.5) is 26.3 Å². The molecule has 1 amide bonds. The van der Waals surface area contributed by atoms with Gasteiger partial charge in [-0.2, -0.15) is 26.3 Å². The van der Waals surface area contributed by atoms with Crippen molar-refractivity contribution in [1.29, 1.82) is 0 Å². The minimum atomic E-state index is -4.75. The van der Waals surface area contributed by atoms with Crippen LogP contribution in [-0.2, 0) is 6.18 Å². The molecule has 1 fully saturated rings. The fraction of sp³-hybridized carbons (Fsp3) is 0.333. The van der Waals surface area contributed by atoms with Crippen LogP contribution in [0.3, 0.4) is 0 Å². The fourth-order valence-corrected chi connectivity index (χ4v) is 4.67. The second-order valence-corrected chi connectivity index (χ2v) is 9.26. The topological polar surface area (TPSA) is 65.2 Å². The molecule has 1 unspecified atom stereocenters. The summed E-state index contributed by atoms with van der Waals surface area (Å²) in [5.41, 5.74) is -0.530. The molecule has 0 bridgehead atoms. The van der Waals surface area contributed by atoms with Gasteiger partial charge in [0, 0.05) is 0 Å². The van der Waals surface area contributed by atoms with Crippen LogP contribution in [0.15, 0.2) is 71.5 Å². The van der Waals surface area contributed by atoms with E-state index in [1.54, 1.807) is 47.4 Å². The number of halogens is 6. The predicted octanol–water partition coefficient (Wildman–Crippen LogP) is 5.65. The molecule has 0 spiro atoms. The Labute approximate surface area is 214 Å². The number of rotatable bonds is 6. The van der Waals surface area contributed by atoms with Gasteiger partial charge in [-0.1, -0.05) is 54.6 Å². The van der Waals surface area contributed by atoms with E-state index in [1.165, 1.54) is 4.90 Å². The highest BCUT2D eigenvalue weighted by atomic mass is 19.4. The molecule has 5 nitrogen and oxygen atoms in total. The summed E-state index contributed by atoms with van der Waals surface area (Å²) in [5, 5.41) is 2.74. The largest absolute Gasteiger partial charge is 0.431 e. The number of benzene rings is 2. The summed E-state index contributed by atoms with van der Waals surface area (Å²) in [6.07, 6.45) is -7.80. The second-order valence-electron chi connectivity index (χ2n) is 9.26. The number of nitrogens with one attached hydrogen (secondary N) is 2. The number of carbonyl (C=O) groups excluding carboxylic acids is 1. The normalized spacial score (nSPS) is 16.3. The molecule has 202 valence electrons. The molecule has 1 atom stereocenters. The van der Waals surface area contributed by atoms with Crippen molar-refractivity contribution in [2.75, 3.05) is 19.6 Å². The van der Waals surface area contributed by atoms with E-state index in [2.05, 4.69) is 5.32 Å². The molecule has 2 heterocycles. The van der Waals surface area contributed by atoms with Crippen LogP contribution < -0.4 is 10.9 Å². The van der Waals surface area contributed by atoms with Crippen LogP contribution in [0.5, 0.6) is 0 Å². The molecule has 3 aromatic rings. The first-order valence-corrected chi connectivity index (χ1v) is 12.0. The monoisotopic (exact) mass is 537 g/mol. The maximum Gasteiger partial charge on any atom is 0.431 e. The highest BCUT2D eigenvalue weighted by Crippen LogP contribution is 2.31. The molecular formula is C27H25F6N3O2. The Hall–Kier alpha value is -3.60. The van der Waals surface area contributed by atoms with E-state index in [0.29, 0.717) is 43.1 Å². The zero-order valence-electron chi connectivity index (χ0n) is 20.1. The summed E-state index contributed by atoms with van der Waals surface area (Å²) in [5.74, 6) is -0.737. The molecular weight excluding hydrogens is 512 g/mol. The number of aromatic amines is 1. The first-order valence-electron chi connectivity index (χ1n) is 12.0. The number of carbonyl (C=O) groups is 1. The maximum absolute atomic E-state index is 12.9. The summed E-state index contributed by atoms with van der Waals surface area (Å²) in [6, 6.07) is 17.0. The lowest BCUT2D eigenvalue weighted by Gasteiger charge is -2.32. The number of H-pyrrole nitrogens is 1. The summed E-state index contributed by atoms with van der Waals surface area (Å²) in [6.45, 7) is -0.231.